The minimum atomic E-state index is -0.381. The number of anilines is 2. The van der Waals surface area contributed by atoms with Crippen LogP contribution in [0.2, 0.25) is 0 Å². The topological polar surface area (TPSA) is 32.3 Å². The molecule has 0 unspecified atom stereocenters. The van der Waals surface area contributed by atoms with E-state index in [4.69, 9.17) is 0 Å². The normalized spacial score (nSPS) is 10.1. The third-order valence-corrected chi connectivity index (χ3v) is 2.72. The molecule has 4 heteroatoms. The molecule has 0 aliphatic rings. The van der Waals surface area contributed by atoms with Gasteiger partial charge in [0.25, 0.3) is 5.91 Å². The Hall–Kier alpha value is -2.36. The van der Waals surface area contributed by atoms with Crippen molar-refractivity contribution in [2.75, 3.05) is 24.3 Å². The minimum Gasteiger partial charge on any atom is -0.376 e. The SMILES string of the molecule is CN(C)c1ccc(F)cc1NC(=O)c1ccccc1. The lowest BCUT2D eigenvalue weighted by Gasteiger charge is -2.18. The maximum Gasteiger partial charge on any atom is 0.255 e. The van der Waals surface area contributed by atoms with Gasteiger partial charge < -0.3 is 10.2 Å². The van der Waals surface area contributed by atoms with Crippen molar-refractivity contribution in [3.8, 4) is 0 Å². The number of carbonyl (C=O) groups excluding carboxylic acids is 1. The van der Waals surface area contributed by atoms with Crippen LogP contribution in [-0.4, -0.2) is 20.0 Å². The lowest BCUT2D eigenvalue weighted by atomic mass is 10.2. The first-order valence-electron chi connectivity index (χ1n) is 5.91. The average Bonchev–Trinajstić information content (AvgIpc) is 2.39. The van der Waals surface area contributed by atoms with Gasteiger partial charge in [-0.2, -0.15) is 0 Å². The second kappa shape index (κ2) is 5.52. The number of rotatable bonds is 3. The molecule has 1 N–H and O–H groups in total. The summed E-state index contributed by atoms with van der Waals surface area (Å²) in [5.41, 5.74) is 1.75. The first kappa shape index (κ1) is 13.1. The molecular formula is C15H15FN2O. The van der Waals surface area contributed by atoms with Gasteiger partial charge in [0.1, 0.15) is 5.82 Å². The highest BCUT2D eigenvalue weighted by molar-refractivity contribution is 6.05. The van der Waals surface area contributed by atoms with Crippen LogP contribution in [0.15, 0.2) is 48.5 Å². The molecule has 0 aromatic heterocycles. The van der Waals surface area contributed by atoms with E-state index >= 15 is 0 Å². The van der Waals surface area contributed by atoms with E-state index in [1.807, 2.05) is 25.1 Å². The third kappa shape index (κ3) is 3.10. The van der Waals surface area contributed by atoms with Crippen LogP contribution in [-0.2, 0) is 0 Å². The van der Waals surface area contributed by atoms with Gasteiger partial charge in [-0.15, -0.1) is 0 Å². The fourth-order valence-electron chi connectivity index (χ4n) is 1.78. The molecule has 3 nitrogen and oxygen atoms in total. The Morgan fingerprint density at radius 3 is 2.42 bits per heavy atom. The third-order valence-electron chi connectivity index (χ3n) is 2.72. The van der Waals surface area contributed by atoms with Crippen LogP contribution in [0.4, 0.5) is 15.8 Å². The number of benzene rings is 2. The number of nitrogens with one attached hydrogen (secondary N) is 1. The number of halogens is 1. The van der Waals surface area contributed by atoms with Crippen molar-refractivity contribution in [1.29, 1.82) is 0 Å². The number of carbonyl (C=O) groups is 1. The van der Waals surface area contributed by atoms with Crippen LogP contribution in [0.25, 0.3) is 0 Å². The lowest BCUT2D eigenvalue weighted by Crippen LogP contribution is -2.16. The standard InChI is InChI=1S/C15H15FN2O/c1-18(2)14-9-8-12(16)10-13(14)17-15(19)11-6-4-3-5-7-11/h3-10H,1-2H3,(H,17,19). The van der Waals surface area contributed by atoms with Gasteiger partial charge in [-0.1, -0.05) is 18.2 Å². The predicted octanol–water partition coefficient (Wildman–Crippen LogP) is 3.14. The zero-order valence-corrected chi connectivity index (χ0v) is 10.9. The molecule has 98 valence electrons. The maximum absolute atomic E-state index is 13.3. The number of hydrogen-bond donors (Lipinski definition) is 1. The fourth-order valence-corrected chi connectivity index (χ4v) is 1.78. The summed E-state index contributed by atoms with van der Waals surface area (Å²) in [7, 11) is 3.68. The van der Waals surface area contributed by atoms with E-state index in [2.05, 4.69) is 5.32 Å². The van der Waals surface area contributed by atoms with Gasteiger partial charge in [0, 0.05) is 19.7 Å². The van der Waals surface area contributed by atoms with Crippen LogP contribution in [0, 0.1) is 5.82 Å². The Bertz CT molecular complexity index is 582. The smallest absolute Gasteiger partial charge is 0.255 e. The number of nitrogens with zero attached hydrogens (tertiary/aromatic N) is 1. The number of hydrogen-bond acceptors (Lipinski definition) is 2. The van der Waals surface area contributed by atoms with Crippen molar-refractivity contribution in [2.45, 2.75) is 0 Å². The van der Waals surface area contributed by atoms with Crippen LogP contribution in [0.5, 0.6) is 0 Å². The van der Waals surface area contributed by atoms with Crippen molar-refractivity contribution in [2.24, 2.45) is 0 Å². The van der Waals surface area contributed by atoms with Crippen molar-refractivity contribution in [3.63, 3.8) is 0 Å². The minimum absolute atomic E-state index is 0.255. The van der Waals surface area contributed by atoms with Gasteiger partial charge in [0.15, 0.2) is 0 Å². The molecule has 0 heterocycles. The molecule has 0 fully saturated rings. The summed E-state index contributed by atoms with van der Waals surface area (Å²) >= 11 is 0. The van der Waals surface area contributed by atoms with Gasteiger partial charge >= 0.3 is 0 Å². The molecule has 0 radical (unpaired) electrons. The first-order chi connectivity index (χ1) is 9.08. The Labute approximate surface area is 111 Å². The second-order valence-corrected chi connectivity index (χ2v) is 4.38. The molecule has 2 aromatic carbocycles. The van der Waals surface area contributed by atoms with E-state index in [9.17, 15) is 9.18 Å². The highest BCUT2D eigenvalue weighted by Crippen LogP contribution is 2.25. The number of amides is 1. The van der Waals surface area contributed by atoms with E-state index in [-0.39, 0.29) is 11.7 Å². The zero-order valence-electron chi connectivity index (χ0n) is 10.9. The van der Waals surface area contributed by atoms with Crippen LogP contribution in [0.3, 0.4) is 0 Å². The molecule has 0 atom stereocenters. The second-order valence-electron chi connectivity index (χ2n) is 4.38. The molecule has 0 aliphatic heterocycles. The summed E-state index contributed by atoms with van der Waals surface area (Å²) in [6.45, 7) is 0. The molecule has 2 aromatic rings. The lowest BCUT2D eigenvalue weighted by molar-refractivity contribution is 0.102. The monoisotopic (exact) mass is 258 g/mol. The summed E-state index contributed by atoms with van der Waals surface area (Å²) in [4.78, 5) is 13.9. The summed E-state index contributed by atoms with van der Waals surface area (Å²) in [6, 6.07) is 13.2. The molecule has 0 saturated heterocycles. The maximum atomic E-state index is 13.3. The van der Waals surface area contributed by atoms with Gasteiger partial charge in [-0.05, 0) is 30.3 Å². The van der Waals surface area contributed by atoms with E-state index in [1.54, 1.807) is 30.3 Å². The summed E-state index contributed by atoms with van der Waals surface area (Å²) in [6.07, 6.45) is 0. The van der Waals surface area contributed by atoms with E-state index in [0.29, 0.717) is 11.3 Å². The highest BCUT2D eigenvalue weighted by Gasteiger charge is 2.10. The first-order valence-corrected chi connectivity index (χ1v) is 5.91. The average molecular weight is 258 g/mol. The fraction of sp³-hybridized carbons (Fsp3) is 0.133. The Balaban J connectivity index is 2.28. The molecular weight excluding hydrogens is 243 g/mol. The molecule has 0 aliphatic carbocycles. The quantitative estimate of drug-likeness (QED) is 0.917. The van der Waals surface area contributed by atoms with Gasteiger partial charge in [-0.25, -0.2) is 4.39 Å². The summed E-state index contributed by atoms with van der Waals surface area (Å²) in [5.74, 6) is -0.636. The van der Waals surface area contributed by atoms with Gasteiger partial charge in [0.2, 0.25) is 0 Å². The highest BCUT2D eigenvalue weighted by atomic mass is 19.1. The Morgan fingerprint density at radius 2 is 1.79 bits per heavy atom. The predicted molar refractivity (Wildman–Crippen MR) is 75.1 cm³/mol. The van der Waals surface area contributed by atoms with Gasteiger partial charge in [-0.3, -0.25) is 4.79 Å². The zero-order chi connectivity index (χ0) is 13.8. The molecule has 0 saturated carbocycles. The molecule has 2 rings (SSSR count). The molecule has 0 spiro atoms. The summed E-state index contributed by atoms with van der Waals surface area (Å²) in [5, 5.41) is 2.73. The van der Waals surface area contributed by atoms with Crippen molar-refractivity contribution in [1.82, 2.24) is 0 Å². The Kier molecular flexibility index (Phi) is 3.80. The Morgan fingerprint density at radius 1 is 1.11 bits per heavy atom. The van der Waals surface area contributed by atoms with Crippen molar-refractivity contribution in [3.05, 3.63) is 59.9 Å². The molecule has 0 bridgehead atoms. The van der Waals surface area contributed by atoms with Gasteiger partial charge in [0.05, 0.1) is 11.4 Å². The van der Waals surface area contributed by atoms with E-state index < -0.39 is 0 Å². The van der Waals surface area contributed by atoms with Crippen LogP contribution < -0.4 is 10.2 Å². The summed E-state index contributed by atoms with van der Waals surface area (Å²) < 4.78 is 13.3. The van der Waals surface area contributed by atoms with E-state index in [1.165, 1.54) is 12.1 Å². The van der Waals surface area contributed by atoms with E-state index in [0.717, 1.165) is 5.69 Å². The van der Waals surface area contributed by atoms with Crippen LogP contribution >= 0.6 is 0 Å². The van der Waals surface area contributed by atoms with Crippen LogP contribution in [0.1, 0.15) is 10.4 Å². The largest absolute Gasteiger partial charge is 0.376 e. The molecule has 1 amide bonds. The molecule has 19 heavy (non-hydrogen) atoms. The van der Waals surface area contributed by atoms with Crippen molar-refractivity contribution < 1.29 is 9.18 Å². The van der Waals surface area contributed by atoms with Crippen molar-refractivity contribution >= 4 is 17.3 Å².